The summed E-state index contributed by atoms with van der Waals surface area (Å²) in [7, 11) is 3.25. The molecule has 1 atom stereocenters. The molecule has 8 nitrogen and oxygen atoms in total. The third kappa shape index (κ3) is 2.78. The first-order valence-electron chi connectivity index (χ1n) is 7.96. The number of anilines is 1. The van der Waals surface area contributed by atoms with Gasteiger partial charge in [-0.2, -0.15) is 4.98 Å². The minimum Gasteiger partial charge on any atom is -0.383 e. The van der Waals surface area contributed by atoms with E-state index in [1.807, 2.05) is 4.57 Å². The maximum Gasteiger partial charge on any atom is 0.329 e. The normalized spacial score (nSPS) is 18.7. The van der Waals surface area contributed by atoms with Gasteiger partial charge >= 0.3 is 5.69 Å². The number of nitrogens with one attached hydrogen (secondary N) is 1. The first-order valence-corrected chi connectivity index (χ1v) is 7.96. The van der Waals surface area contributed by atoms with Crippen LogP contribution >= 0.6 is 0 Å². The average Bonchev–Trinajstić information content (AvgIpc) is 2.91. The number of ether oxygens (including phenoxy) is 1. The molecule has 0 radical (unpaired) electrons. The Bertz CT molecular complexity index is 819. The number of hydrogen-bond acceptors (Lipinski definition) is 5. The highest BCUT2D eigenvalue weighted by Gasteiger charge is 2.24. The SMILES string of the molecule is COCCn1c(N2CCCC(C)C2)nc2c1c(=O)[nH]c(=O)n2C. The van der Waals surface area contributed by atoms with Crippen LogP contribution in [0.15, 0.2) is 9.59 Å². The molecule has 2 aromatic rings. The third-order valence-electron chi connectivity index (χ3n) is 4.45. The zero-order valence-corrected chi connectivity index (χ0v) is 13.8. The summed E-state index contributed by atoms with van der Waals surface area (Å²) in [5, 5.41) is 0. The van der Waals surface area contributed by atoms with Crippen LogP contribution in [-0.2, 0) is 18.3 Å². The van der Waals surface area contributed by atoms with Crippen LogP contribution in [0.4, 0.5) is 5.95 Å². The van der Waals surface area contributed by atoms with Gasteiger partial charge in [0.2, 0.25) is 5.95 Å². The number of imidazole rings is 1. The van der Waals surface area contributed by atoms with Crippen molar-refractivity contribution in [3.05, 3.63) is 20.8 Å². The van der Waals surface area contributed by atoms with E-state index in [2.05, 4.69) is 21.8 Å². The third-order valence-corrected chi connectivity index (χ3v) is 4.45. The lowest BCUT2D eigenvalue weighted by Crippen LogP contribution is -2.36. The Balaban J connectivity index is 2.19. The predicted octanol–water partition coefficient (Wildman–Crippen LogP) is 0.306. The number of H-pyrrole nitrogens is 1. The van der Waals surface area contributed by atoms with Crippen LogP contribution in [0.25, 0.3) is 11.2 Å². The highest BCUT2D eigenvalue weighted by Crippen LogP contribution is 2.24. The molecule has 3 rings (SSSR count). The molecular formula is C15H23N5O3. The van der Waals surface area contributed by atoms with Crippen molar-refractivity contribution in [1.29, 1.82) is 0 Å². The molecule has 1 aliphatic rings. The Morgan fingerprint density at radius 3 is 2.87 bits per heavy atom. The van der Waals surface area contributed by atoms with Crippen molar-refractivity contribution in [2.45, 2.75) is 26.3 Å². The summed E-state index contributed by atoms with van der Waals surface area (Å²) in [5.74, 6) is 1.33. The molecule has 1 N–H and O–H groups in total. The van der Waals surface area contributed by atoms with Crippen molar-refractivity contribution in [2.75, 3.05) is 31.7 Å². The lowest BCUT2D eigenvalue weighted by atomic mass is 10.0. The quantitative estimate of drug-likeness (QED) is 0.876. The van der Waals surface area contributed by atoms with E-state index in [1.165, 1.54) is 11.0 Å². The fourth-order valence-electron chi connectivity index (χ4n) is 3.23. The molecule has 0 spiro atoms. The molecular weight excluding hydrogens is 298 g/mol. The zero-order valence-electron chi connectivity index (χ0n) is 13.8. The molecule has 1 saturated heterocycles. The highest BCUT2D eigenvalue weighted by atomic mass is 16.5. The second kappa shape index (κ2) is 6.19. The molecule has 23 heavy (non-hydrogen) atoms. The number of methoxy groups -OCH3 is 1. The average molecular weight is 321 g/mol. The van der Waals surface area contributed by atoms with E-state index in [9.17, 15) is 9.59 Å². The lowest BCUT2D eigenvalue weighted by molar-refractivity contribution is 0.188. The number of fused-ring (bicyclic) bond motifs is 1. The summed E-state index contributed by atoms with van der Waals surface area (Å²) in [6.45, 7) is 5.03. The number of aromatic nitrogens is 4. The van der Waals surface area contributed by atoms with E-state index in [0.717, 1.165) is 25.5 Å². The number of aromatic amines is 1. The number of hydrogen-bond donors (Lipinski definition) is 1. The van der Waals surface area contributed by atoms with Crippen molar-refractivity contribution in [3.8, 4) is 0 Å². The predicted molar refractivity (Wildman–Crippen MR) is 88.1 cm³/mol. The van der Waals surface area contributed by atoms with E-state index in [0.29, 0.717) is 30.2 Å². The van der Waals surface area contributed by atoms with Crippen LogP contribution in [0.3, 0.4) is 0 Å². The van der Waals surface area contributed by atoms with Crippen LogP contribution in [0, 0.1) is 5.92 Å². The van der Waals surface area contributed by atoms with E-state index in [1.54, 1.807) is 14.2 Å². The molecule has 1 unspecified atom stereocenters. The molecule has 1 aliphatic heterocycles. The van der Waals surface area contributed by atoms with Crippen molar-refractivity contribution in [1.82, 2.24) is 19.1 Å². The molecule has 1 fully saturated rings. The van der Waals surface area contributed by atoms with Crippen LogP contribution in [0.5, 0.6) is 0 Å². The zero-order chi connectivity index (χ0) is 16.6. The largest absolute Gasteiger partial charge is 0.383 e. The van der Waals surface area contributed by atoms with Gasteiger partial charge in [0.15, 0.2) is 11.2 Å². The Morgan fingerprint density at radius 1 is 1.39 bits per heavy atom. The highest BCUT2D eigenvalue weighted by molar-refractivity contribution is 5.74. The van der Waals surface area contributed by atoms with E-state index < -0.39 is 11.2 Å². The van der Waals surface area contributed by atoms with Crippen LogP contribution in [-0.4, -0.2) is 45.9 Å². The Hall–Kier alpha value is -2.09. The molecule has 8 heteroatoms. The van der Waals surface area contributed by atoms with Gasteiger partial charge in [-0.3, -0.25) is 14.3 Å². The lowest BCUT2D eigenvalue weighted by Gasteiger charge is -2.32. The van der Waals surface area contributed by atoms with Crippen molar-refractivity contribution >= 4 is 17.1 Å². The van der Waals surface area contributed by atoms with Crippen molar-refractivity contribution < 1.29 is 4.74 Å². The van der Waals surface area contributed by atoms with Crippen LogP contribution < -0.4 is 16.1 Å². The van der Waals surface area contributed by atoms with E-state index in [-0.39, 0.29) is 0 Å². The number of rotatable bonds is 4. The maximum absolute atomic E-state index is 12.3. The van der Waals surface area contributed by atoms with Gasteiger partial charge in [-0.05, 0) is 18.8 Å². The smallest absolute Gasteiger partial charge is 0.329 e. The van der Waals surface area contributed by atoms with Gasteiger partial charge in [0.05, 0.1) is 6.61 Å². The second-order valence-corrected chi connectivity index (χ2v) is 6.24. The van der Waals surface area contributed by atoms with Gasteiger partial charge in [-0.25, -0.2) is 4.79 Å². The minimum atomic E-state index is -0.447. The van der Waals surface area contributed by atoms with Gasteiger partial charge in [-0.1, -0.05) is 6.92 Å². The maximum atomic E-state index is 12.3. The first-order chi connectivity index (χ1) is 11.0. The van der Waals surface area contributed by atoms with Crippen LogP contribution in [0.2, 0.25) is 0 Å². The summed E-state index contributed by atoms with van der Waals surface area (Å²) < 4.78 is 8.43. The van der Waals surface area contributed by atoms with Gasteiger partial charge in [-0.15, -0.1) is 0 Å². The standard InChI is InChI=1S/C15H23N5O3/c1-10-5-4-6-19(9-10)14-16-12-11(20(14)7-8-23-3)13(21)17-15(22)18(12)2/h10H,4-9H2,1-3H3,(H,17,21,22). The van der Waals surface area contributed by atoms with Gasteiger partial charge in [0.1, 0.15) is 0 Å². The summed E-state index contributed by atoms with van der Waals surface area (Å²) in [6, 6.07) is 0. The van der Waals surface area contributed by atoms with Gasteiger partial charge in [0.25, 0.3) is 5.56 Å². The fraction of sp³-hybridized carbons (Fsp3) is 0.667. The second-order valence-electron chi connectivity index (χ2n) is 6.24. The monoisotopic (exact) mass is 321 g/mol. The number of piperidine rings is 1. The van der Waals surface area contributed by atoms with Crippen molar-refractivity contribution in [2.24, 2.45) is 13.0 Å². The molecule has 0 aromatic carbocycles. The molecule has 0 amide bonds. The fourth-order valence-corrected chi connectivity index (χ4v) is 3.23. The summed E-state index contributed by atoms with van der Waals surface area (Å²) in [6.07, 6.45) is 2.30. The molecule has 3 heterocycles. The molecule has 0 bridgehead atoms. The summed E-state index contributed by atoms with van der Waals surface area (Å²) in [5.41, 5.74) is 0.000853. The Morgan fingerprint density at radius 2 is 2.17 bits per heavy atom. The van der Waals surface area contributed by atoms with Gasteiger partial charge < -0.3 is 14.2 Å². The molecule has 2 aromatic heterocycles. The molecule has 126 valence electrons. The Kier molecular flexibility index (Phi) is 4.25. The van der Waals surface area contributed by atoms with E-state index in [4.69, 9.17) is 4.74 Å². The molecule has 0 saturated carbocycles. The van der Waals surface area contributed by atoms with E-state index >= 15 is 0 Å². The van der Waals surface area contributed by atoms with Crippen LogP contribution in [0.1, 0.15) is 19.8 Å². The Labute approximate surface area is 133 Å². The summed E-state index contributed by atoms with van der Waals surface area (Å²) >= 11 is 0. The number of aryl methyl sites for hydroxylation is 1. The minimum absolute atomic E-state index is 0.400. The molecule has 0 aliphatic carbocycles. The van der Waals surface area contributed by atoms with Gasteiger partial charge in [0, 0.05) is 33.8 Å². The summed E-state index contributed by atoms with van der Waals surface area (Å²) in [4.78, 5) is 33.3. The van der Waals surface area contributed by atoms with Crippen molar-refractivity contribution in [3.63, 3.8) is 0 Å². The first kappa shape index (κ1) is 15.8. The topological polar surface area (TPSA) is 85.2 Å². The number of nitrogens with zero attached hydrogens (tertiary/aromatic N) is 4.